The molecular weight excluding hydrogens is 324 g/mol. The van der Waals surface area contributed by atoms with Crippen LogP contribution in [0, 0.1) is 6.92 Å². The van der Waals surface area contributed by atoms with Crippen LogP contribution in [-0.4, -0.2) is 28.2 Å². The highest BCUT2D eigenvalue weighted by Gasteiger charge is 2.24. The number of aromatic hydroxyl groups is 1. The lowest BCUT2D eigenvalue weighted by Crippen LogP contribution is -2.32. The number of phenols is 1. The molecule has 0 saturated heterocycles. The van der Waals surface area contributed by atoms with Gasteiger partial charge in [-0.3, -0.25) is 4.79 Å². The second-order valence-corrected chi connectivity index (χ2v) is 5.21. The third-order valence-electron chi connectivity index (χ3n) is 2.97. The molecule has 122 valence electrons. The number of nitrogens with zero attached hydrogens (tertiary/aromatic N) is 1. The summed E-state index contributed by atoms with van der Waals surface area (Å²) < 4.78 is 9.97. The largest absolute Gasteiger partial charge is 0.507 e. The molecule has 2 rings (SSSR count). The minimum absolute atomic E-state index is 0.110. The molecule has 0 aliphatic carbocycles. The molecule has 8 heteroatoms. The van der Waals surface area contributed by atoms with E-state index in [1.165, 1.54) is 24.3 Å². The molecule has 1 heterocycles. The van der Waals surface area contributed by atoms with E-state index < -0.39 is 18.0 Å². The van der Waals surface area contributed by atoms with Gasteiger partial charge >= 0.3 is 5.97 Å². The van der Waals surface area contributed by atoms with Crippen molar-refractivity contribution in [3.8, 4) is 5.75 Å². The topological polar surface area (TPSA) is 102 Å². The molecule has 0 saturated carbocycles. The van der Waals surface area contributed by atoms with Crippen molar-refractivity contribution in [2.45, 2.75) is 26.4 Å². The number of halogens is 1. The number of nitrogens with one attached hydrogen (secondary N) is 1. The van der Waals surface area contributed by atoms with Gasteiger partial charge in [-0.15, -0.1) is 0 Å². The lowest BCUT2D eigenvalue weighted by Gasteiger charge is -2.15. The van der Waals surface area contributed by atoms with Crippen LogP contribution in [0.5, 0.6) is 5.75 Å². The molecule has 1 aromatic heterocycles. The Hall–Kier alpha value is -2.54. The molecule has 2 N–H and O–H groups in total. The molecule has 1 amide bonds. The van der Waals surface area contributed by atoms with Gasteiger partial charge in [0.2, 0.25) is 0 Å². The van der Waals surface area contributed by atoms with Crippen LogP contribution in [0.1, 0.15) is 29.5 Å². The maximum absolute atomic E-state index is 12.1. The fraction of sp³-hybridized carbons (Fsp3) is 0.267. The first-order valence-corrected chi connectivity index (χ1v) is 7.22. The first-order chi connectivity index (χ1) is 10.9. The van der Waals surface area contributed by atoms with Crippen molar-refractivity contribution in [2.75, 3.05) is 5.32 Å². The van der Waals surface area contributed by atoms with Crippen molar-refractivity contribution in [3.05, 3.63) is 40.6 Å². The highest BCUT2D eigenvalue weighted by Crippen LogP contribution is 2.23. The average molecular weight is 339 g/mol. The average Bonchev–Trinajstić information content (AvgIpc) is 2.91. The van der Waals surface area contributed by atoms with E-state index in [0.29, 0.717) is 5.76 Å². The Labute approximate surface area is 137 Å². The molecule has 0 aliphatic rings. The van der Waals surface area contributed by atoms with E-state index in [1.54, 1.807) is 13.8 Å². The third-order valence-corrected chi connectivity index (χ3v) is 3.21. The molecule has 0 aliphatic heterocycles. The van der Waals surface area contributed by atoms with E-state index >= 15 is 0 Å². The number of carbonyl (C=O) groups excluding carboxylic acids is 2. The number of esters is 1. The van der Waals surface area contributed by atoms with Crippen molar-refractivity contribution < 1.29 is 24.0 Å². The molecule has 0 bridgehead atoms. The van der Waals surface area contributed by atoms with E-state index in [0.717, 1.165) is 0 Å². The number of ether oxygens (including phenoxy) is 1. The number of rotatable bonds is 5. The predicted octanol–water partition coefficient (Wildman–Crippen LogP) is 2.92. The first kappa shape index (κ1) is 16.8. The molecule has 1 aromatic carbocycles. The fourth-order valence-electron chi connectivity index (χ4n) is 1.82. The maximum Gasteiger partial charge on any atom is 0.342 e. The fourth-order valence-corrected chi connectivity index (χ4v) is 1.99. The van der Waals surface area contributed by atoms with Gasteiger partial charge in [0.25, 0.3) is 5.91 Å². The minimum Gasteiger partial charge on any atom is -0.507 e. The van der Waals surface area contributed by atoms with Gasteiger partial charge in [-0.05, 0) is 31.5 Å². The Balaban J connectivity index is 2.07. The number of hydrogen-bond donors (Lipinski definition) is 2. The molecule has 7 nitrogen and oxygen atoms in total. The Morgan fingerprint density at radius 2 is 2.17 bits per heavy atom. The standard InChI is InChI=1S/C15H15ClN2O5/c1-3-12(14(20)17-13-6-8(2)23-18-13)22-15(21)10-7-9(16)4-5-11(10)19/h4-7,12,19H,3H2,1-2H3,(H,17,18,20). The summed E-state index contributed by atoms with van der Waals surface area (Å²) >= 11 is 5.79. The second kappa shape index (κ2) is 7.15. The molecule has 23 heavy (non-hydrogen) atoms. The number of amides is 1. The Bertz CT molecular complexity index is 728. The van der Waals surface area contributed by atoms with Gasteiger partial charge in [-0.2, -0.15) is 0 Å². The highest BCUT2D eigenvalue weighted by molar-refractivity contribution is 6.31. The van der Waals surface area contributed by atoms with E-state index in [1.807, 2.05) is 0 Å². The quantitative estimate of drug-likeness (QED) is 0.813. The summed E-state index contributed by atoms with van der Waals surface area (Å²) in [5.41, 5.74) is -0.110. The molecule has 1 unspecified atom stereocenters. The van der Waals surface area contributed by atoms with Gasteiger partial charge in [0.05, 0.1) is 0 Å². The van der Waals surface area contributed by atoms with Crippen LogP contribution in [0.2, 0.25) is 5.02 Å². The zero-order valence-corrected chi connectivity index (χ0v) is 13.3. The van der Waals surface area contributed by atoms with E-state index in [-0.39, 0.29) is 28.6 Å². The van der Waals surface area contributed by atoms with Gasteiger partial charge in [0, 0.05) is 11.1 Å². The van der Waals surface area contributed by atoms with Crippen molar-refractivity contribution in [2.24, 2.45) is 0 Å². The molecular formula is C15H15ClN2O5. The minimum atomic E-state index is -1.04. The van der Waals surface area contributed by atoms with Crippen molar-refractivity contribution >= 4 is 29.3 Å². The molecule has 0 spiro atoms. The Morgan fingerprint density at radius 3 is 2.78 bits per heavy atom. The van der Waals surface area contributed by atoms with E-state index in [9.17, 15) is 14.7 Å². The Morgan fingerprint density at radius 1 is 1.43 bits per heavy atom. The summed E-state index contributed by atoms with van der Waals surface area (Å²) in [5.74, 6) is -0.900. The zero-order chi connectivity index (χ0) is 17.0. The van der Waals surface area contributed by atoms with Crippen molar-refractivity contribution in [1.29, 1.82) is 0 Å². The normalized spacial score (nSPS) is 11.8. The maximum atomic E-state index is 12.1. The zero-order valence-electron chi connectivity index (χ0n) is 12.5. The van der Waals surface area contributed by atoms with Gasteiger partial charge in [-0.1, -0.05) is 23.7 Å². The second-order valence-electron chi connectivity index (χ2n) is 4.78. The smallest absolute Gasteiger partial charge is 0.342 e. The van der Waals surface area contributed by atoms with Gasteiger partial charge in [0.1, 0.15) is 17.1 Å². The number of carbonyl (C=O) groups is 2. The lowest BCUT2D eigenvalue weighted by molar-refractivity contribution is -0.124. The van der Waals surface area contributed by atoms with Crippen LogP contribution in [-0.2, 0) is 9.53 Å². The first-order valence-electron chi connectivity index (χ1n) is 6.84. The van der Waals surface area contributed by atoms with Crippen molar-refractivity contribution in [3.63, 3.8) is 0 Å². The summed E-state index contributed by atoms with van der Waals surface area (Å²) in [6.45, 7) is 3.37. The van der Waals surface area contributed by atoms with Crippen LogP contribution in [0.3, 0.4) is 0 Å². The van der Waals surface area contributed by atoms with Crippen LogP contribution < -0.4 is 5.32 Å². The summed E-state index contributed by atoms with van der Waals surface area (Å²) in [4.78, 5) is 24.2. The predicted molar refractivity (Wildman–Crippen MR) is 82.5 cm³/mol. The SMILES string of the molecule is CCC(OC(=O)c1cc(Cl)ccc1O)C(=O)Nc1cc(C)on1. The monoisotopic (exact) mass is 338 g/mol. The number of benzene rings is 1. The number of anilines is 1. The van der Waals surface area contributed by atoms with Crippen LogP contribution in [0.25, 0.3) is 0 Å². The van der Waals surface area contributed by atoms with Crippen molar-refractivity contribution in [1.82, 2.24) is 5.16 Å². The number of hydrogen-bond acceptors (Lipinski definition) is 6. The number of aromatic nitrogens is 1. The Kier molecular flexibility index (Phi) is 5.23. The summed E-state index contributed by atoms with van der Waals surface area (Å²) in [5, 5.41) is 16.1. The lowest BCUT2D eigenvalue weighted by atomic mass is 10.2. The molecule has 0 fully saturated rings. The summed E-state index contributed by atoms with van der Waals surface area (Å²) in [6.07, 6.45) is -0.798. The third kappa shape index (κ3) is 4.23. The van der Waals surface area contributed by atoms with Gasteiger partial charge in [0.15, 0.2) is 11.9 Å². The number of aryl methyl sites for hydroxylation is 1. The van der Waals surface area contributed by atoms with Crippen LogP contribution >= 0.6 is 11.6 Å². The molecule has 0 radical (unpaired) electrons. The van der Waals surface area contributed by atoms with Gasteiger partial charge < -0.3 is 19.7 Å². The van der Waals surface area contributed by atoms with E-state index in [2.05, 4.69) is 10.5 Å². The van der Waals surface area contributed by atoms with Gasteiger partial charge in [-0.25, -0.2) is 4.79 Å². The molecule has 2 aromatic rings. The molecule has 1 atom stereocenters. The van der Waals surface area contributed by atoms with E-state index in [4.69, 9.17) is 20.9 Å². The summed E-state index contributed by atoms with van der Waals surface area (Å²) in [6, 6.07) is 5.52. The highest BCUT2D eigenvalue weighted by atomic mass is 35.5. The summed E-state index contributed by atoms with van der Waals surface area (Å²) in [7, 11) is 0. The van der Waals surface area contributed by atoms with Crippen LogP contribution in [0.4, 0.5) is 5.82 Å². The number of phenolic OH excluding ortho intramolecular Hbond substituents is 1. The van der Waals surface area contributed by atoms with Crippen LogP contribution in [0.15, 0.2) is 28.8 Å².